The molecule has 0 aromatic carbocycles. The number of hydrogen-bond donors (Lipinski definition) is 0. The maximum Gasteiger partial charge on any atom is 0.225 e. The highest BCUT2D eigenvalue weighted by molar-refractivity contribution is 7.89. The lowest BCUT2D eigenvalue weighted by Crippen LogP contribution is -2.52. The zero-order valence-electron chi connectivity index (χ0n) is 14.4. The van der Waals surface area contributed by atoms with Crippen molar-refractivity contribution in [1.29, 1.82) is 0 Å². The van der Waals surface area contributed by atoms with Gasteiger partial charge in [0.05, 0.1) is 12.4 Å². The van der Waals surface area contributed by atoms with E-state index in [1.807, 2.05) is 0 Å². The molecule has 0 bridgehead atoms. The summed E-state index contributed by atoms with van der Waals surface area (Å²) in [5.41, 5.74) is 0. The summed E-state index contributed by atoms with van der Waals surface area (Å²) in [5.74, 6) is -0.0127. The lowest BCUT2D eigenvalue weighted by Gasteiger charge is -2.38. The second-order valence-corrected chi connectivity index (χ2v) is 8.40. The van der Waals surface area contributed by atoms with Crippen molar-refractivity contribution in [2.45, 2.75) is 19.8 Å². The van der Waals surface area contributed by atoms with Crippen molar-refractivity contribution in [1.82, 2.24) is 14.1 Å². The predicted octanol–water partition coefficient (Wildman–Crippen LogP) is -0.635. The van der Waals surface area contributed by atoms with E-state index in [0.29, 0.717) is 52.1 Å². The van der Waals surface area contributed by atoms with Crippen LogP contribution in [0.25, 0.3) is 0 Å². The van der Waals surface area contributed by atoms with Gasteiger partial charge in [-0.15, -0.1) is 0 Å². The standard InChI is InChI=1S/C15H27N3O5S/c1-13(19)16-7-9-17(10-8-16)15(20)14-3-5-18(6-4-14)24(21,22)12-11-23-2/h14H,3-12H2,1-2H3. The zero-order chi connectivity index (χ0) is 17.7. The molecule has 2 aliphatic rings. The Balaban J connectivity index is 1.82. The van der Waals surface area contributed by atoms with Crippen LogP contribution in [0.2, 0.25) is 0 Å². The smallest absolute Gasteiger partial charge is 0.225 e. The average molecular weight is 361 g/mol. The number of hydrogen-bond acceptors (Lipinski definition) is 5. The Kier molecular flexibility index (Phi) is 6.59. The van der Waals surface area contributed by atoms with E-state index in [0.717, 1.165) is 0 Å². The number of piperidine rings is 1. The molecule has 2 saturated heterocycles. The SMILES string of the molecule is COCCS(=O)(=O)N1CCC(C(=O)N2CCN(C(C)=O)CC2)CC1. The first kappa shape index (κ1) is 19.1. The fraction of sp³-hybridized carbons (Fsp3) is 0.867. The topological polar surface area (TPSA) is 87.2 Å². The third-order valence-corrected chi connectivity index (χ3v) is 6.61. The van der Waals surface area contributed by atoms with Crippen LogP contribution in [-0.4, -0.2) is 93.1 Å². The highest BCUT2D eigenvalue weighted by Crippen LogP contribution is 2.22. The average Bonchev–Trinajstić information content (AvgIpc) is 2.59. The van der Waals surface area contributed by atoms with E-state index < -0.39 is 10.0 Å². The normalized spacial score (nSPS) is 21.1. The molecule has 0 aliphatic carbocycles. The zero-order valence-corrected chi connectivity index (χ0v) is 15.3. The molecule has 24 heavy (non-hydrogen) atoms. The van der Waals surface area contributed by atoms with Gasteiger partial charge in [0.25, 0.3) is 0 Å². The van der Waals surface area contributed by atoms with Gasteiger partial charge >= 0.3 is 0 Å². The Morgan fingerprint density at radius 2 is 1.54 bits per heavy atom. The highest BCUT2D eigenvalue weighted by atomic mass is 32.2. The van der Waals surface area contributed by atoms with Crippen LogP contribution in [0.5, 0.6) is 0 Å². The Morgan fingerprint density at radius 1 is 1.00 bits per heavy atom. The monoisotopic (exact) mass is 361 g/mol. The number of amides is 2. The van der Waals surface area contributed by atoms with Crippen LogP contribution >= 0.6 is 0 Å². The Bertz CT molecular complexity index is 549. The molecule has 0 spiro atoms. The number of piperazine rings is 1. The Hall–Kier alpha value is -1.19. The number of nitrogens with zero attached hydrogens (tertiary/aromatic N) is 3. The van der Waals surface area contributed by atoms with Crippen LogP contribution in [-0.2, 0) is 24.3 Å². The first-order valence-corrected chi connectivity index (χ1v) is 9.97. The molecule has 2 fully saturated rings. The summed E-state index contributed by atoms with van der Waals surface area (Å²) in [4.78, 5) is 27.5. The molecule has 0 aromatic rings. The maximum atomic E-state index is 12.6. The third-order valence-electron chi connectivity index (χ3n) is 4.78. The molecule has 2 rings (SSSR count). The first-order valence-electron chi connectivity index (χ1n) is 8.36. The van der Waals surface area contributed by atoms with Crippen LogP contribution < -0.4 is 0 Å². The van der Waals surface area contributed by atoms with Crippen molar-refractivity contribution < 1.29 is 22.7 Å². The Labute approximate surface area is 143 Å². The number of rotatable bonds is 5. The molecule has 2 aliphatic heterocycles. The predicted molar refractivity (Wildman–Crippen MR) is 88.8 cm³/mol. The van der Waals surface area contributed by atoms with Gasteiger partial charge in [-0.1, -0.05) is 0 Å². The van der Waals surface area contributed by atoms with Crippen molar-refractivity contribution in [3.63, 3.8) is 0 Å². The van der Waals surface area contributed by atoms with Gasteiger partial charge in [0.15, 0.2) is 0 Å². The summed E-state index contributed by atoms with van der Waals surface area (Å²) in [7, 11) is -1.82. The van der Waals surface area contributed by atoms with E-state index in [4.69, 9.17) is 4.74 Å². The van der Waals surface area contributed by atoms with Gasteiger partial charge in [-0.2, -0.15) is 0 Å². The summed E-state index contributed by atoms with van der Waals surface area (Å²) < 4.78 is 30.6. The number of sulfonamides is 1. The molecule has 138 valence electrons. The number of ether oxygens (including phenoxy) is 1. The quantitative estimate of drug-likeness (QED) is 0.650. The van der Waals surface area contributed by atoms with Crippen LogP contribution in [0.15, 0.2) is 0 Å². The number of methoxy groups -OCH3 is 1. The van der Waals surface area contributed by atoms with Crippen LogP contribution in [0, 0.1) is 5.92 Å². The van der Waals surface area contributed by atoms with Crippen LogP contribution in [0.1, 0.15) is 19.8 Å². The summed E-state index contributed by atoms with van der Waals surface area (Å²) in [5, 5.41) is 0. The number of carbonyl (C=O) groups is 2. The van der Waals surface area contributed by atoms with Gasteiger partial charge in [0.1, 0.15) is 0 Å². The molecule has 0 saturated carbocycles. The fourth-order valence-corrected chi connectivity index (χ4v) is 4.60. The lowest BCUT2D eigenvalue weighted by atomic mass is 9.96. The van der Waals surface area contributed by atoms with Crippen molar-refractivity contribution in [3.8, 4) is 0 Å². The lowest BCUT2D eigenvalue weighted by molar-refractivity contribution is -0.142. The minimum Gasteiger partial charge on any atom is -0.384 e. The van der Waals surface area contributed by atoms with Gasteiger partial charge in [-0.05, 0) is 12.8 Å². The van der Waals surface area contributed by atoms with E-state index in [-0.39, 0.29) is 30.1 Å². The van der Waals surface area contributed by atoms with Crippen molar-refractivity contribution in [2.24, 2.45) is 5.92 Å². The minimum absolute atomic E-state index is 0.0187. The summed E-state index contributed by atoms with van der Waals surface area (Å²) >= 11 is 0. The minimum atomic E-state index is -3.30. The summed E-state index contributed by atoms with van der Waals surface area (Å²) in [6.45, 7) is 4.76. The molecule has 0 aromatic heterocycles. The molecule has 0 unspecified atom stereocenters. The van der Waals surface area contributed by atoms with E-state index >= 15 is 0 Å². The highest BCUT2D eigenvalue weighted by Gasteiger charge is 2.33. The molecule has 0 N–H and O–H groups in total. The first-order chi connectivity index (χ1) is 11.3. The fourth-order valence-electron chi connectivity index (χ4n) is 3.20. The molecule has 8 nitrogen and oxygen atoms in total. The van der Waals surface area contributed by atoms with E-state index in [1.165, 1.54) is 18.3 Å². The number of carbonyl (C=O) groups excluding carboxylic acids is 2. The van der Waals surface area contributed by atoms with Crippen LogP contribution in [0.4, 0.5) is 0 Å². The third kappa shape index (κ3) is 4.67. The van der Waals surface area contributed by atoms with Crippen molar-refractivity contribution >= 4 is 21.8 Å². The molecule has 0 radical (unpaired) electrons. The van der Waals surface area contributed by atoms with E-state index in [1.54, 1.807) is 9.80 Å². The second kappa shape index (κ2) is 8.26. The summed E-state index contributed by atoms with van der Waals surface area (Å²) in [6.07, 6.45) is 1.11. The Morgan fingerprint density at radius 3 is 2.04 bits per heavy atom. The molecular formula is C15H27N3O5S. The van der Waals surface area contributed by atoms with Crippen molar-refractivity contribution in [2.75, 3.05) is 58.7 Å². The molecule has 9 heteroatoms. The second-order valence-electron chi connectivity index (χ2n) is 6.31. The van der Waals surface area contributed by atoms with Gasteiger partial charge in [-0.25, -0.2) is 12.7 Å². The van der Waals surface area contributed by atoms with Crippen molar-refractivity contribution in [3.05, 3.63) is 0 Å². The molecule has 0 atom stereocenters. The molecule has 2 amide bonds. The van der Waals surface area contributed by atoms with E-state index in [2.05, 4.69) is 0 Å². The van der Waals surface area contributed by atoms with Gasteiger partial charge < -0.3 is 14.5 Å². The van der Waals surface area contributed by atoms with Gasteiger partial charge in [-0.3, -0.25) is 9.59 Å². The largest absolute Gasteiger partial charge is 0.384 e. The van der Waals surface area contributed by atoms with Crippen LogP contribution in [0.3, 0.4) is 0 Å². The van der Waals surface area contributed by atoms with Gasteiger partial charge in [0.2, 0.25) is 21.8 Å². The molecule has 2 heterocycles. The molecular weight excluding hydrogens is 334 g/mol. The van der Waals surface area contributed by atoms with E-state index in [9.17, 15) is 18.0 Å². The van der Waals surface area contributed by atoms with Gasteiger partial charge in [0, 0.05) is 59.2 Å². The maximum absolute atomic E-state index is 12.6. The summed E-state index contributed by atoms with van der Waals surface area (Å²) in [6, 6.07) is 0.